The summed E-state index contributed by atoms with van der Waals surface area (Å²) in [5.41, 5.74) is 3.70. The number of fused-ring (bicyclic) bond motifs is 7. The van der Waals surface area contributed by atoms with Gasteiger partial charge in [-0.2, -0.15) is 0 Å². The van der Waals surface area contributed by atoms with Crippen LogP contribution in [0.25, 0.3) is 0 Å². The molecular formula is C32H51NO4. The Morgan fingerprint density at radius 3 is 2.24 bits per heavy atom. The molecule has 8 atom stereocenters. The van der Waals surface area contributed by atoms with E-state index in [1.807, 2.05) is 0 Å². The molecule has 5 aliphatic carbocycles. The Morgan fingerprint density at radius 1 is 0.919 bits per heavy atom. The van der Waals surface area contributed by atoms with E-state index in [9.17, 15) is 14.8 Å². The molecule has 208 valence electrons. The highest BCUT2D eigenvalue weighted by atomic mass is 16.5. The van der Waals surface area contributed by atoms with Gasteiger partial charge in [0.05, 0.1) is 5.41 Å². The Balaban J connectivity index is 1.55. The summed E-state index contributed by atoms with van der Waals surface area (Å²) in [5.74, 6) is 0.964. The number of hydrogen-bond donors (Lipinski definition) is 2. The smallest absolute Gasteiger partial charge is 0.302 e. The number of ether oxygens (including phenoxy) is 1. The summed E-state index contributed by atoms with van der Waals surface area (Å²) in [6.45, 7) is 18.6. The molecule has 0 aliphatic heterocycles. The number of carbonyl (C=O) groups excluding carboxylic acids is 2. The van der Waals surface area contributed by atoms with Crippen LogP contribution >= 0.6 is 0 Å². The number of rotatable bonds is 2. The fraction of sp³-hybridized carbons (Fsp3) is 0.875. The molecule has 2 N–H and O–H groups in total. The number of carbonyl (C=O) groups is 2. The lowest BCUT2D eigenvalue weighted by Gasteiger charge is -2.71. The lowest BCUT2D eigenvalue weighted by atomic mass is 9.33. The first kappa shape index (κ1) is 27.2. The standard InChI is InChI=1S/C32H51NO4/c1-20(34)37-25-12-13-29(6)23(28(25,4)5)11-14-31(8)24(29)10-9-21-22-19-27(2,3)15-17-32(22,26(35)33-36)18-16-30(21,31)7/h9,22-25,36H,10-19H2,1-8H3,(H,33,35)/t22-,23-,24+,25-,29-,30+,31+,32-/m0/s1. The number of hydrogen-bond acceptors (Lipinski definition) is 4. The molecule has 5 aliphatic rings. The van der Waals surface area contributed by atoms with Crippen LogP contribution < -0.4 is 5.48 Å². The number of amides is 1. The molecule has 5 nitrogen and oxygen atoms in total. The van der Waals surface area contributed by atoms with Crippen LogP contribution in [0.4, 0.5) is 0 Å². The summed E-state index contributed by atoms with van der Waals surface area (Å²) in [6, 6.07) is 0. The monoisotopic (exact) mass is 513 g/mol. The third-order valence-electron chi connectivity index (χ3n) is 13.4. The van der Waals surface area contributed by atoms with Gasteiger partial charge in [0.2, 0.25) is 5.91 Å². The van der Waals surface area contributed by atoms with E-state index < -0.39 is 5.41 Å². The van der Waals surface area contributed by atoms with Gasteiger partial charge in [0.25, 0.3) is 0 Å². The van der Waals surface area contributed by atoms with E-state index in [0.29, 0.717) is 11.8 Å². The second-order valence-corrected chi connectivity index (χ2v) is 15.8. The quantitative estimate of drug-likeness (QED) is 0.177. The van der Waals surface area contributed by atoms with Crippen molar-refractivity contribution in [3.05, 3.63) is 11.6 Å². The first-order valence-electron chi connectivity index (χ1n) is 14.9. The summed E-state index contributed by atoms with van der Waals surface area (Å²) in [6.07, 6.45) is 12.8. The number of esters is 1. The molecule has 5 heteroatoms. The molecule has 0 unspecified atom stereocenters. The molecule has 0 heterocycles. The van der Waals surface area contributed by atoms with Crippen LogP contribution in [0.2, 0.25) is 0 Å². The van der Waals surface area contributed by atoms with Crippen molar-refractivity contribution in [1.82, 2.24) is 5.48 Å². The predicted octanol–water partition coefficient (Wildman–Crippen LogP) is 7.23. The second-order valence-electron chi connectivity index (χ2n) is 15.8. The maximum Gasteiger partial charge on any atom is 0.302 e. The van der Waals surface area contributed by atoms with Crippen molar-refractivity contribution in [2.24, 2.45) is 50.2 Å². The lowest BCUT2D eigenvalue weighted by Crippen LogP contribution is -2.65. The van der Waals surface area contributed by atoms with Crippen LogP contribution in [-0.2, 0) is 14.3 Å². The highest BCUT2D eigenvalue weighted by molar-refractivity contribution is 5.83. The van der Waals surface area contributed by atoms with Crippen molar-refractivity contribution < 1.29 is 19.5 Å². The van der Waals surface area contributed by atoms with E-state index in [0.717, 1.165) is 57.8 Å². The Hall–Kier alpha value is -1.36. The van der Waals surface area contributed by atoms with Gasteiger partial charge in [0.15, 0.2) is 0 Å². The summed E-state index contributed by atoms with van der Waals surface area (Å²) in [5, 5.41) is 9.79. The van der Waals surface area contributed by atoms with Crippen molar-refractivity contribution in [2.45, 2.75) is 126 Å². The molecule has 37 heavy (non-hydrogen) atoms. The summed E-state index contributed by atoms with van der Waals surface area (Å²) < 4.78 is 5.88. The highest BCUT2D eigenvalue weighted by Gasteiger charge is 2.69. The van der Waals surface area contributed by atoms with Crippen LogP contribution in [0.1, 0.15) is 120 Å². The van der Waals surface area contributed by atoms with E-state index in [2.05, 4.69) is 60.0 Å². The lowest BCUT2D eigenvalue weighted by molar-refractivity contribution is -0.212. The average Bonchev–Trinajstić information content (AvgIpc) is 2.80. The molecule has 0 saturated heterocycles. The largest absolute Gasteiger partial charge is 0.462 e. The van der Waals surface area contributed by atoms with Gasteiger partial charge in [-0.25, -0.2) is 5.48 Å². The van der Waals surface area contributed by atoms with Gasteiger partial charge < -0.3 is 4.74 Å². The van der Waals surface area contributed by atoms with Crippen LogP contribution in [-0.4, -0.2) is 23.2 Å². The molecule has 0 spiro atoms. The third-order valence-corrected chi connectivity index (χ3v) is 13.4. The van der Waals surface area contributed by atoms with E-state index in [1.165, 1.54) is 12.0 Å². The van der Waals surface area contributed by atoms with Gasteiger partial charge in [0, 0.05) is 12.3 Å². The van der Waals surface area contributed by atoms with E-state index >= 15 is 0 Å². The molecule has 0 aromatic carbocycles. The minimum Gasteiger partial charge on any atom is -0.462 e. The summed E-state index contributed by atoms with van der Waals surface area (Å²) in [4.78, 5) is 25.2. The van der Waals surface area contributed by atoms with Crippen molar-refractivity contribution in [3.8, 4) is 0 Å². The normalized spacial score (nSPS) is 47.8. The van der Waals surface area contributed by atoms with Crippen LogP contribution in [0, 0.1) is 50.2 Å². The molecule has 0 aromatic heterocycles. The van der Waals surface area contributed by atoms with Crippen LogP contribution in [0.5, 0.6) is 0 Å². The van der Waals surface area contributed by atoms with Crippen LogP contribution in [0.3, 0.4) is 0 Å². The Kier molecular flexibility index (Phi) is 6.12. The van der Waals surface area contributed by atoms with Crippen molar-refractivity contribution in [2.75, 3.05) is 0 Å². The molecule has 0 bridgehead atoms. The van der Waals surface area contributed by atoms with Gasteiger partial charge >= 0.3 is 5.97 Å². The molecule has 4 saturated carbocycles. The maximum absolute atomic E-state index is 13.3. The van der Waals surface area contributed by atoms with Gasteiger partial charge in [0.1, 0.15) is 6.10 Å². The highest BCUT2D eigenvalue weighted by Crippen LogP contribution is 2.75. The third kappa shape index (κ3) is 3.57. The van der Waals surface area contributed by atoms with E-state index in [-0.39, 0.29) is 51.0 Å². The first-order chi connectivity index (χ1) is 17.1. The van der Waals surface area contributed by atoms with Crippen LogP contribution in [0.15, 0.2) is 11.6 Å². The molecule has 0 radical (unpaired) electrons. The Morgan fingerprint density at radius 2 is 1.59 bits per heavy atom. The van der Waals surface area contributed by atoms with Gasteiger partial charge in [-0.1, -0.05) is 60.1 Å². The molecular weight excluding hydrogens is 462 g/mol. The SMILES string of the molecule is CC(=O)O[C@H]1CC[C@]2(C)[C@H]3CC=C4[C@@H]5CC(C)(C)CC[C@]5(C(=O)NO)CC[C@@]4(C)[C@]3(C)CC[C@H]2C1(C)C. The summed E-state index contributed by atoms with van der Waals surface area (Å²) >= 11 is 0. The fourth-order valence-corrected chi connectivity index (χ4v) is 11.1. The maximum atomic E-state index is 13.3. The molecule has 4 fully saturated rings. The second kappa shape index (κ2) is 8.32. The number of hydroxylamine groups is 1. The molecule has 5 rings (SSSR count). The average molecular weight is 514 g/mol. The van der Waals surface area contributed by atoms with Crippen molar-refractivity contribution >= 4 is 11.9 Å². The van der Waals surface area contributed by atoms with Gasteiger partial charge in [-0.15, -0.1) is 0 Å². The number of allylic oxidation sites excluding steroid dienone is 2. The fourth-order valence-electron chi connectivity index (χ4n) is 11.1. The number of nitrogens with one attached hydrogen (secondary N) is 1. The zero-order valence-corrected chi connectivity index (χ0v) is 24.6. The molecule has 0 aromatic rings. The Labute approximate surface area is 224 Å². The molecule has 1 amide bonds. The van der Waals surface area contributed by atoms with Gasteiger partial charge in [-0.3, -0.25) is 14.8 Å². The minimum absolute atomic E-state index is 0.00512. The zero-order valence-electron chi connectivity index (χ0n) is 24.6. The summed E-state index contributed by atoms with van der Waals surface area (Å²) in [7, 11) is 0. The first-order valence-corrected chi connectivity index (χ1v) is 14.9. The van der Waals surface area contributed by atoms with E-state index in [4.69, 9.17) is 4.74 Å². The predicted molar refractivity (Wildman–Crippen MR) is 145 cm³/mol. The van der Waals surface area contributed by atoms with Crippen molar-refractivity contribution in [1.29, 1.82) is 0 Å². The Bertz CT molecular complexity index is 1010. The topological polar surface area (TPSA) is 75.6 Å². The minimum atomic E-state index is -0.482. The van der Waals surface area contributed by atoms with Crippen molar-refractivity contribution in [3.63, 3.8) is 0 Å². The zero-order chi connectivity index (χ0) is 27.2. The van der Waals surface area contributed by atoms with Gasteiger partial charge in [-0.05, 0) is 104 Å². The van der Waals surface area contributed by atoms with E-state index in [1.54, 1.807) is 6.92 Å².